The molecule has 1 aliphatic heterocycles. The number of piperidine rings is 1. The Morgan fingerprint density at radius 3 is 2.67 bits per heavy atom. The fourth-order valence-electron chi connectivity index (χ4n) is 2.58. The van der Waals surface area contributed by atoms with Gasteiger partial charge in [0, 0.05) is 24.2 Å². The topological polar surface area (TPSA) is 49.4 Å². The summed E-state index contributed by atoms with van der Waals surface area (Å²) in [7, 11) is 0. The third-order valence-electron chi connectivity index (χ3n) is 4.08. The fourth-order valence-corrected chi connectivity index (χ4v) is 2.58. The average Bonchev–Trinajstić information content (AvgIpc) is 2.47. The normalized spacial score (nSPS) is 16.7. The van der Waals surface area contributed by atoms with Crippen molar-refractivity contribution in [3.63, 3.8) is 0 Å². The summed E-state index contributed by atoms with van der Waals surface area (Å²) >= 11 is 0. The molecule has 0 unspecified atom stereocenters. The molecule has 0 saturated carbocycles. The molecule has 1 aromatic carbocycles. The van der Waals surface area contributed by atoms with Crippen molar-refractivity contribution in [2.45, 2.75) is 33.1 Å². The van der Waals surface area contributed by atoms with Gasteiger partial charge in [-0.3, -0.25) is 9.59 Å². The van der Waals surface area contributed by atoms with Crippen LogP contribution in [0.3, 0.4) is 0 Å². The summed E-state index contributed by atoms with van der Waals surface area (Å²) in [5.74, 6) is 0.826. The highest BCUT2D eigenvalue weighted by molar-refractivity contribution is 5.97. The van der Waals surface area contributed by atoms with Crippen LogP contribution in [0, 0.1) is 5.92 Å². The molecule has 0 spiro atoms. The summed E-state index contributed by atoms with van der Waals surface area (Å²) in [5.41, 5.74) is 1.32. The molecule has 0 bridgehead atoms. The Hall–Kier alpha value is -1.68. The Morgan fingerprint density at radius 1 is 1.29 bits per heavy atom. The largest absolute Gasteiger partial charge is 0.326 e. The molecule has 0 atom stereocenters. The molecule has 4 nitrogen and oxygen atoms in total. The SMILES string of the molecule is CC(=O)c1cccc(NC(=O)CCN2CCC(C)CC2)c1. The minimum atomic E-state index is 0.00790. The van der Waals surface area contributed by atoms with E-state index in [1.807, 2.05) is 6.07 Å². The van der Waals surface area contributed by atoms with Crippen LogP contribution in [0.1, 0.15) is 43.5 Å². The molecule has 1 saturated heterocycles. The van der Waals surface area contributed by atoms with Crippen LogP contribution in [-0.2, 0) is 4.79 Å². The molecule has 2 rings (SSSR count). The number of carbonyl (C=O) groups excluding carboxylic acids is 2. The monoisotopic (exact) mass is 288 g/mol. The number of ketones is 1. The fraction of sp³-hybridized carbons (Fsp3) is 0.529. The van der Waals surface area contributed by atoms with Crippen LogP contribution in [0.4, 0.5) is 5.69 Å². The Kier molecular flexibility index (Phi) is 5.51. The molecule has 1 heterocycles. The van der Waals surface area contributed by atoms with Crippen LogP contribution in [-0.4, -0.2) is 36.2 Å². The number of hydrogen-bond acceptors (Lipinski definition) is 3. The van der Waals surface area contributed by atoms with E-state index in [4.69, 9.17) is 0 Å². The Morgan fingerprint density at radius 2 is 2.00 bits per heavy atom. The number of nitrogens with zero attached hydrogens (tertiary/aromatic N) is 1. The molecule has 114 valence electrons. The first-order valence-electron chi connectivity index (χ1n) is 7.68. The van der Waals surface area contributed by atoms with Gasteiger partial charge in [-0.15, -0.1) is 0 Å². The molecule has 1 amide bonds. The van der Waals surface area contributed by atoms with Gasteiger partial charge in [-0.05, 0) is 50.9 Å². The minimum Gasteiger partial charge on any atom is -0.326 e. The molecule has 0 radical (unpaired) electrons. The van der Waals surface area contributed by atoms with E-state index in [0.717, 1.165) is 25.6 Å². The molecule has 0 aromatic heterocycles. The van der Waals surface area contributed by atoms with Gasteiger partial charge in [0.1, 0.15) is 0 Å². The maximum absolute atomic E-state index is 12.0. The summed E-state index contributed by atoms with van der Waals surface area (Å²) in [6, 6.07) is 7.08. The van der Waals surface area contributed by atoms with E-state index < -0.39 is 0 Å². The number of Topliss-reactive ketones (excluding diaryl/α,β-unsaturated/α-hetero) is 1. The number of benzene rings is 1. The van der Waals surface area contributed by atoms with Gasteiger partial charge < -0.3 is 10.2 Å². The van der Waals surface area contributed by atoms with Gasteiger partial charge in [0.05, 0.1) is 0 Å². The van der Waals surface area contributed by atoms with E-state index in [2.05, 4.69) is 17.1 Å². The number of amides is 1. The van der Waals surface area contributed by atoms with Crippen LogP contribution in [0.5, 0.6) is 0 Å². The lowest BCUT2D eigenvalue weighted by molar-refractivity contribution is -0.116. The summed E-state index contributed by atoms with van der Waals surface area (Å²) in [4.78, 5) is 25.7. The summed E-state index contributed by atoms with van der Waals surface area (Å²) < 4.78 is 0. The Balaban J connectivity index is 1.79. The predicted molar refractivity (Wildman–Crippen MR) is 84.5 cm³/mol. The van der Waals surface area contributed by atoms with Crippen molar-refractivity contribution in [2.75, 3.05) is 25.0 Å². The molecule has 4 heteroatoms. The van der Waals surface area contributed by atoms with Gasteiger partial charge in [-0.1, -0.05) is 19.1 Å². The molecule has 1 aromatic rings. The molecule has 0 aliphatic carbocycles. The number of carbonyl (C=O) groups is 2. The van der Waals surface area contributed by atoms with E-state index >= 15 is 0 Å². The molecular weight excluding hydrogens is 264 g/mol. The number of likely N-dealkylation sites (tertiary alicyclic amines) is 1. The lowest BCUT2D eigenvalue weighted by Crippen LogP contribution is -2.35. The van der Waals surface area contributed by atoms with Gasteiger partial charge >= 0.3 is 0 Å². The first kappa shape index (κ1) is 15.7. The van der Waals surface area contributed by atoms with Crippen molar-refractivity contribution in [3.8, 4) is 0 Å². The zero-order valence-corrected chi connectivity index (χ0v) is 12.9. The van der Waals surface area contributed by atoms with Crippen LogP contribution in [0.25, 0.3) is 0 Å². The Bertz CT molecular complexity index is 505. The van der Waals surface area contributed by atoms with Crippen LogP contribution in [0.2, 0.25) is 0 Å². The highest BCUT2D eigenvalue weighted by Gasteiger charge is 2.16. The smallest absolute Gasteiger partial charge is 0.225 e. The zero-order valence-electron chi connectivity index (χ0n) is 12.9. The molecular formula is C17H24N2O2. The van der Waals surface area contributed by atoms with E-state index in [-0.39, 0.29) is 11.7 Å². The number of hydrogen-bond donors (Lipinski definition) is 1. The quantitative estimate of drug-likeness (QED) is 0.847. The predicted octanol–water partition coefficient (Wildman–Crippen LogP) is 2.95. The van der Waals surface area contributed by atoms with Crippen LogP contribution >= 0.6 is 0 Å². The second-order valence-electron chi connectivity index (χ2n) is 5.96. The summed E-state index contributed by atoms with van der Waals surface area (Å²) in [6.07, 6.45) is 2.95. The van der Waals surface area contributed by atoms with Gasteiger partial charge in [0.2, 0.25) is 5.91 Å². The van der Waals surface area contributed by atoms with E-state index in [9.17, 15) is 9.59 Å². The summed E-state index contributed by atoms with van der Waals surface area (Å²) in [5, 5.41) is 2.87. The van der Waals surface area contributed by atoms with E-state index in [1.54, 1.807) is 18.2 Å². The third kappa shape index (κ3) is 4.97. The van der Waals surface area contributed by atoms with Crippen molar-refractivity contribution in [1.29, 1.82) is 0 Å². The number of anilines is 1. The summed E-state index contributed by atoms with van der Waals surface area (Å²) in [6.45, 7) is 6.80. The highest BCUT2D eigenvalue weighted by atomic mass is 16.1. The third-order valence-corrected chi connectivity index (χ3v) is 4.08. The second kappa shape index (κ2) is 7.36. The first-order valence-corrected chi connectivity index (χ1v) is 7.68. The Labute approximate surface area is 126 Å². The van der Waals surface area contributed by atoms with Crippen LogP contribution < -0.4 is 5.32 Å². The maximum Gasteiger partial charge on any atom is 0.225 e. The van der Waals surface area contributed by atoms with Gasteiger partial charge in [-0.2, -0.15) is 0 Å². The number of nitrogens with one attached hydrogen (secondary N) is 1. The van der Waals surface area contributed by atoms with Crippen molar-refractivity contribution in [1.82, 2.24) is 4.90 Å². The number of rotatable bonds is 5. The average molecular weight is 288 g/mol. The molecule has 21 heavy (non-hydrogen) atoms. The van der Waals surface area contributed by atoms with Crippen molar-refractivity contribution >= 4 is 17.4 Å². The maximum atomic E-state index is 12.0. The van der Waals surface area contributed by atoms with Gasteiger partial charge in [-0.25, -0.2) is 0 Å². The van der Waals surface area contributed by atoms with Crippen molar-refractivity contribution in [2.24, 2.45) is 5.92 Å². The molecule has 1 aliphatic rings. The first-order chi connectivity index (χ1) is 10.0. The van der Waals surface area contributed by atoms with E-state index in [0.29, 0.717) is 17.7 Å². The lowest BCUT2D eigenvalue weighted by atomic mass is 9.99. The van der Waals surface area contributed by atoms with Gasteiger partial charge in [0.15, 0.2) is 5.78 Å². The highest BCUT2D eigenvalue weighted by Crippen LogP contribution is 2.16. The van der Waals surface area contributed by atoms with Crippen molar-refractivity contribution in [3.05, 3.63) is 29.8 Å². The molecule has 1 fully saturated rings. The second-order valence-corrected chi connectivity index (χ2v) is 5.96. The molecule has 1 N–H and O–H groups in total. The van der Waals surface area contributed by atoms with Gasteiger partial charge in [0.25, 0.3) is 0 Å². The zero-order chi connectivity index (χ0) is 15.2. The standard InChI is InChI=1S/C17H24N2O2/c1-13-6-9-19(10-7-13)11-8-17(21)18-16-5-3-4-15(12-16)14(2)20/h3-5,12-13H,6-11H2,1-2H3,(H,18,21). The van der Waals surface area contributed by atoms with E-state index in [1.165, 1.54) is 19.8 Å². The van der Waals surface area contributed by atoms with Crippen molar-refractivity contribution < 1.29 is 9.59 Å². The minimum absolute atomic E-state index is 0.00790. The van der Waals surface area contributed by atoms with Crippen LogP contribution in [0.15, 0.2) is 24.3 Å². The lowest BCUT2D eigenvalue weighted by Gasteiger charge is -2.29.